The lowest BCUT2D eigenvalue weighted by atomic mass is 10.1. The highest BCUT2D eigenvalue weighted by Crippen LogP contribution is 2.07. The van der Waals surface area contributed by atoms with Crippen molar-refractivity contribution in [3.05, 3.63) is 69.6 Å². The molecule has 1 N–H and O–H groups in total. The first kappa shape index (κ1) is 24.2. The van der Waals surface area contributed by atoms with E-state index in [2.05, 4.69) is 53.4 Å². The fraction of sp³-hybridized carbons (Fsp3) is 0.455. The number of aliphatic imine (C=N–C) groups is 1. The first-order chi connectivity index (χ1) is 13.0. The molecule has 0 amide bonds. The fourth-order valence-electron chi connectivity index (χ4n) is 3.12. The summed E-state index contributed by atoms with van der Waals surface area (Å²) < 4.78 is 1.83. The van der Waals surface area contributed by atoms with E-state index in [-0.39, 0.29) is 29.5 Å². The summed E-state index contributed by atoms with van der Waals surface area (Å²) >= 11 is 0. The average molecular weight is 496 g/mol. The van der Waals surface area contributed by atoms with E-state index in [9.17, 15) is 4.79 Å². The molecule has 1 aromatic heterocycles. The van der Waals surface area contributed by atoms with Crippen LogP contribution in [-0.4, -0.2) is 36.1 Å². The van der Waals surface area contributed by atoms with Crippen LogP contribution in [0.5, 0.6) is 0 Å². The van der Waals surface area contributed by atoms with E-state index >= 15 is 0 Å². The molecule has 2 aromatic rings. The average Bonchev–Trinajstić information content (AvgIpc) is 2.67. The van der Waals surface area contributed by atoms with Gasteiger partial charge in [0.2, 0.25) is 0 Å². The summed E-state index contributed by atoms with van der Waals surface area (Å²) in [6.07, 6.45) is 3.00. The molecular formula is C22H33IN4O. The Morgan fingerprint density at radius 1 is 1.11 bits per heavy atom. The van der Waals surface area contributed by atoms with Crippen LogP contribution in [0.4, 0.5) is 0 Å². The molecule has 28 heavy (non-hydrogen) atoms. The first-order valence-corrected chi connectivity index (χ1v) is 9.71. The molecule has 1 heterocycles. The Morgan fingerprint density at radius 3 is 2.39 bits per heavy atom. The van der Waals surface area contributed by atoms with Crippen LogP contribution in [0.25, 0.3) is 0 Å². The fourth-order valence-corrected chi connectivity index (χ4v) is 3.12. The van der Waals surface area contributed by atoms with Gasteiger partial charge in [0.25, 0.3) is 5.56 Å². The van der Waals surface area contributed by atoms with E-state index in [1.54, 1.807) is 6.07 Å². The second kappa shape index (κ2) is 12.6. The SMILES string of the molecule is CCc1ccc(CN(C)C(=NC)NCCCCn2c(C)cccc2=O)cc1.I. The summed E-state index contributed by atoms with van der Waals surface area (Å²) in [5.74, 6) is 0.891. The lowest BCUT2D eigenvalue weighted by Gasteiger charge is -2.22. The van der Waals surface area contributed by atoms with Gasteiger partial charge in [-0.25, -0.2) is 0 Å². The quantitative estimate of drug-likeness (QED) is 0.262. The number of guanidine groups is 1. The number of hydrogen-bond acceptors (Lipinski definition) is 2. The zero-order valence-corrected chi connectivity index (χ0v) is 19.8. The number of nitrogens with zero attached hydrogens (tertiary/aromatic N) is 3. The second-order valence-corrected chi connectivity index (χ2v) is 6.86. The van der Waals surface area contributed by atoms with E-state index in [0.717, 1.165) is 50.6 Å². The van der Waals surface area contributed by atoms with Crippen LogP contribution >= 0.6 is 24.0 Å². The van der Waals surface area contributed by atoms with Crippen LogP contribution in [0.15, 0.2) is 52.3 Å². The van der Waals surface area contributed by atoms with Crippen molar-refractivity contribution in [3.63, 3.8) is 0 Å². The molecule has 0 radical (unpaired) electrons. The smallest absolute Gasteiger partial charge is 0.250 e. The van der Waals surface area contributed by atoms with Gasteiger partial charge in [-0.1, -0.05) is 37.3 Å². The largest absolute Gasteiger partial charge is 0.356 e. The molecular weight excluding hydrogens is 463 g/mol. The van der Waals surface area contributed by atoms with E-state index in [4.69, 9.17) is 0 Å². The maximum absolute atomic E-state index is 11.9. The Bertz CT molecular complexity index is 799. The highest BCUT2D eigenvalue weighted by atomic mass is 127. The highest BCUT2D eigenvalue weighted by Gasteiger charge is 2.06. The molecule has 1 aromatic carbocycles. The van der Waals surface area contributed by atoms with Crippen LogP contribution in [-0.2, 0) is 19.5 Å². The minimum absolute atomic E-state index is 0. The van der Waals surface area contributed by atoms with E-state index in [1.165, 1.54) is 11.1 Å². The molecule has 0 fully saturated rings. The third-order valence-corrected chi connectivity index (χ3v) is 4.78. The summed E-state index contributed by atoms with van der Waals surface area (Å²) in [6.45, 7) is 6.56. The third kappa shape index (κ3) is 7.30. The maximum atomic E-state index is 11.9. The van der Waals surface area contributed by atoms with Gasteiger partial charge in [-0.05, 0) is 43.4 Å². The molecule has 0 saturated heterocycles. The first-order valence-electron chi connectivity index (χ1n) is 9.71. The van der Waals surface area contributed by atoms with Crippen LogP contribution in [0.3, 0.4) is 0 Å². The van der Waals surface area contributed by atoms with Gasteiger partial charge in [0, 0.05) is 45.5 Å². The second-order valence-electron chi connectivity index (χ2n) is 6.86. The molecule has 6 heteroatoms. The lowest BCUT2D eigenvalue weighted by Crippen LogP contribution is -2.39. The van der Waals surface area contributed by atoms with E-state index in [0.29, 0.717) is 0 Å². The van der Waals surface area contributed by atoms with Gasteiger partial charge in [0.05, 0.1) is 0 Å². The van der Waals surface area contributed by atoms with Crippen molar-refractivity contribution in [2.45, 2.75) is 46.2 Å². The monoisotopic (exact) mass is 496 g/mol. The number of halogens is 1. The number of aryl methyl sites for hydroxylation is 2. The van der Waals surface area contributed by atoms with Crippen molar-refractivity contribution in [1.29, 1.82) is 0 Å². The number of benzene rings is 1. The van der Waals surface area contributed by atoms with Crippen molar-refractivity contribution < 1.29 is 0 Å². The Kier molecular flexibility index (Phi) is 10.9. The topological polar surface area (TPSA) is 49.6 Å². The highest BCUT2D eigenvalue weighted by molar-refractivity contribution is 14.0. The van der Waals surface area contributed by atoms with Gasteiger partial charge in [-0.3, -0.25) is 9.79 Å². The Balaban J connectivity index is 0.00000392. The minimum atomic E-state index is 0. The summed E-state index contributed by atoms with van der Waals surface area (Å²) in [6, 6.07) is 14.1. The number of hydrogen-bond donors (Lipinski definition) is 1. The normalized spacial score (nSPS) is 11.1. The molecule has 0 spiro atoms. The van der Waals surface area contributed by atoms with Crippen molar-refractivity contribution in [1.82, 2.24) is 14.8 Å². The van der Waals surface area contributed by atoms with E-state index in [1.807, 2.05) is 30.7 Å². The predicted molar refractivity (Wildman–Crippen MR) is 129 cm³/mol. The molecule has 154 valence electrons. The van der Waals surface area contributed by atoms with Gasteiger partial charge < -0.3 is 14.8 Å². The zero-order valence-electron chi connectivity index (χ0n) is 17.4. The van der Waals surface area contributed by atoms with Crippen molar-refractivity contribution >= 4 is 29.9 Å². The Labute approximate surface area is 185 Å². The summed E-state index contributed by atoms with van der Waals surface area (Å²) in [5, 5.41) is 3.42. The molecule has 0 aliphatic rings. The summed E-state index contributed by atoms with van der Waals surface area (Å²) in [5.41, 5.74) is 3.72. The molecule has 0 bridgehead atoms. The van der Waals surface area contributed by atoms with Crippen LogP contribution in [0.2, 0.25) is 0 Å². The molecule has 0 atom stereocenters. The lowest BCUT2D eigenvalue weighted by molar-refractivity contribution is 0.472. The molecule has 0 unspecified atom stereocenters. The number of nitrogens with one attached hydrogen (secondary N) is 1. The number of pyridine rings is 1. The van der Waals surface area contributed by atoms with Crippen molar-refractivity contribution in [2.24, 2.45) is 4.99 Å². The van der Waals surface area contributed by atoms with Crippen LogP contribution in [0, 0.1) is 6.92 Å². The molecule has 0 aliphatic heterocycles. The van der Waals surface area contributed by atoms with Gasteiger partial charge >= 0.3 is 0 Å². The standard InChI is InChI=1S/C22H32N4O.HI/c1-5-19-11-13-20(14-12-19)17-25(4)22(23-3)24-15-6-7-16-26-18(2)9-8-10-21(26)27;/h8-14H,5-7,15-17H2,1-4H3,(H,23,24);1H. The third-order valence-electron chi connectivity index (χ3n) is 4.78. The van der Waals surface area contributed by atoms with E-state index < -0.39 is 0 Å². The maximum Gasteiger partial charge on any atom is 0.250 e. The van der Waals surface area contributed by atoms with Gasteiger partial charge in [0.1, 0.15) is 0 Å². The van der Waals surface area contributed by atoms with Gasteiger partial charge in [-0.2, -0.15) is 0 Å². The predicted octanol–water partition coefficient (Wildman–Crippen LogP) is 3.82. The zero-order chi connectivity index (χ0) is 19.6. The Morgan fingerprint density at radius 2 is 1.79 bits per heavy atom. The van der Waals surface area contributed by atoms with Gasteiger partial charge in [0.15, 0.2) is 5.96 Å². The Hall–Kier alpha value is -1.83. The van der Waals surface area contributed by atoms with Crippen LogP contribution < -0.4 is 10.9 Å². The van der Waals surface area contributed by atoms with Crippen LogP contribution in [0.1, 0.15) is 36.6 Å². The van der Waals surface area contributed by atoms with Crippen molar-refractivity contribution in [2.75, 3.05) is 20.6 Å². The van der Waals surface area contributed by atoms with Crippen molar-refractivity contribution in [3.8, 4) is 0 Å². The van der Waals surface area contributed by atoms with Gasteiger partial charge in [-0.15, -0.1) is 24.0 Å². The number of unbranched alkanes of at least 4 members (excludes halogenated alkanes) is 1. The molecule has 0 saturated carbocycles. The number of aromatic nitrogens is 1. The molecule has 0 aliphatic carbocycles. The minimum Gasteiger partial charge on any atom is -0.356 e. The number of rotatable bonds is 8. The summed E-state index contributed by atoms with van der Waals surface area (Å²) in [7, 11) is 3.86. The molecule has 5 nitrogen and oxygen atoms in total. The molecule has 2 rings (SSSR count). The summed E-state index contributed by atoms with van der Waals surface area (Å²) in [4.78, 5) is 18.4.